The number of hydrogen-bond acceptors (Lipinski definition) is 3. The third-order valence-electron chi connectivity index (χ3n) is 2.61. The molecule has 0 aliphatic rings. The highest BCUT2D eigenvalue weighted by atomic mass is 17.2. The Morgan fingerprint density at radius 1 is 1.11 bits per heavy atom. The van der Waals surface area contributed by atoms with Gasteiger partial charge in [0.15, 0.2) is 0 Å². The van der Waals surface area contributed by atoms with Crippen molar-refractivity contribution >= 4 is 5.69 Å². The van der Waals surface area contributed by atoms with Crippen LogP contribution in [-0.2, 0) is 9.78 Å². The molecule has 3 nitrogen and oxygen atoms in total. The Kier molecular flexibility index (Phi) is 5.17. The maximum atomic E-state index is 5.28. The Hall–Kier alpha value is -1.06. The van der Waals surface area contributed by atoms with Gasteiger partial charge in [0.25, 0.3) is 0 Å². The molecule has 1 unspecified atom stereocenters. The van der Waals surface area contributed by atoms with Gasteiger partial charge in [-0.2, -0.15) is 0 Å². The van der Waals surface area contributed by atoms with E-state index in [0.717, 1.165) is 0 Å². The quantitative estimate of drug-likeness (QED) is 0.589. The molecule has 0 heterocycles. The molecule has 102 valence electrons. The predicted octanol–water partition coefficient (Wildman–Crippen LogP) is 3.60. The first-order valence-corrected chi connectivity index (χ1v) is 6.37. The molecule has 1 aromatic carbocycles. The summed E-state index contributed by atoms with van der Waals surface area (Å²) in [7, 11) is 4.08. The highest BCUT2D eigenvalue weighted by Crippen LogP contribution is 2.20. The first-order valence-electron chi connectivity index (χ1n) is 6.37. The molecule has 0 fully saturated rings. The predicted molar refractivity (Wildman–Crippen MR) is 76.0 cm³/mol. The summed E-state index contributed by atoms with van der Waals surface area (Å²) in [6, 6.07) is 8.52. The van der Waals surface area contributed by atoms with Crippen LogP contribution in [-0.4, -0.2) is 26.3 Å². The Labute approximate surface area is 111 Å². The molecule has 0 aromatic heterocycles. The molecule has 0 saturated heterocycles. The smallest absolute Gasteiger partial charge is 0.0952 e. The van der Waals surface area contributed by atoms with Gasteiger partial charge in [0, 0.05) is 25.7 Å². The fourth-order valence-corrected chi connectivity index (χ4v) is 1.51. The molecule has 1 atom stereocenters. The molecular formula is C15H25NO2. The van der Waals surface area contributed by atoms with E-state index in [4.69, 9.17) is 9.78 Å². The summed E-state index contributed by atoms with van der Waals surface area (Å²) >= 11 is 0. The van der Waals surface area contributed by atoms with E-state index in [1.54, 1.807) is 0 Å². The third-order valence-corrected chi connectivity index (χ3v) is 2.61. The monoisotopic (exact) mass is 251 g/mol. The Morgan fingerprint density at radius 3 is 2.11 bits per heavy atom. The van der Waals surface area contributed by atoms with Crippen molar-refractivity contribution in [2.45, 2.75) is 39.2 Å². The second-order valence-electron chi connectivity index (χ2n) is 5.87. The van der Waals surface area contributed by atoms with Crippen LogP contribution in [0.4, 0.5) is 5.69 Å². The highest BCUT2D eigenvalue weighted by Gasteiger charge is 2.13. The van der Waals surface area contributed by atoms with Crippen LogP contribution in [0.2, 0.25) is 0 Å². The molecule has 0 N–H and O–H groups in total. The maximum absolute atomic E-state index is 5.28. The molecule has 0 bridgehead atoms. The topological polar surface area (TPSA) is 21.7 Å². The van der Waals surface area contributed by atoms with Gasteiger partial charge in [-0.1, -0.05) is 19.1 Å². The van der Waals surface area contributed by atoms with E-state index in [0.29, 0.717) is 12.5 Å². The second kappa shape index (κ2) is 6.21. The van der Waals surface area contributed by atoms with Crippen molar-refractivity contribution in [3.05, 3.63) is 29.8 Å². The van der Waals surface area contributed by atoms with E-state index in [-0.39, 0.29) is 5.60 Å². The number of hydrogen-bond donors (Lipinski definition) is 0. The maximum Gasteiger partial charge on any atom is 0.0952 e. The van der Waals surface area contributed by atoms with Crippen molar-refractivity contribution in [3.63, 3.8) is 0 Å². The van der Waals surface area contributed by atoms with Gasteiger partial charge in [-0.15, -0.1) is 0 Å². The molecule has 0 radical (unpaired) electrons. The average molecular weight is 251 g/mol. The molecule has 0 amide bonds. The number of rotatable bonds is 5. The van der Waals surface area contributed by atoms with Crippen molar-refractivity contribution in [1.29, 1.82) is 0 Å². The van der Waals surface area contributed by atoms with Gasteiger partial charge < -0.3 is 4.90 Å². The largest absolute Gasteiger partial charge is 0.378 e. The van der Waals surface area contributed by atoms with E-state index in [1.807, 2.05) is 34.9 Å². The minimum Gasteiger partial charge on any atom is -0.378 e. The lowest BCUT2D eigenvalue weighted by Gasteiger charge is -2.20. The van der Waals surface area contributed by atoms with E-state index >= 15 is 0 Å². The number of anilines is 1. The number of benzene rings is 1. The fraction of sp³-hybridized carbons (Fsp3) is 0.600. The lowest BCUT2D eigenvalue weighted by Crippen LogP contribution is -2.20. The van der Waals surface area contributed by atoms with E-state index in [2.05, 4.69) is 36.1 Å². The van der Waals surface area contributed by atoms with Crippen molar-refractivity contribution in [3.8, 4) is 0 Å². The summed E-state index contributed by atoms with van der Waals surface area (Å²) < 4.78 is 0. The second-order valence-corrected chi connectivity index (χ2v) is 5.87. The molecule has 0 aliphatic heterocycles. The lowest BCUT2D eigenvalue weighted by atomic mass is 10.0. The minimum absolute atomic E-state index is 0.255. The van der Waals surface area contributed by atoms with Crippen LogP contribution in [0.15, 0.2) is 24.3 Å². The first kappa shape index (κ1) is 15.0. The zero-order valence-electron chi connectivity index (χ0n) is 12.4. The van der Waals surface area contributed by atoms with Gasteiger partial charge in [0.1, 0.15) is 0 Å². The van der Waals surface area contributed by atoms with Crippen molar-refractivity contribution < 1.29 is 9.78 Å². The highest BCUT2D eigenvalue weighted by molar-refractivity contribution is 5.46. The standard InChI is InChI=1S/C15H25NO2/c1-12(11-17-18-15(2,3)4)13-7-9-14(10-8-13)16(5)6/h7-10,12H,11H2,1-6H3. The van der Waals surface area contributed by atoms with Crippen LogP contribution in [0.25, 0.3) is 0 Å². The summed E-state index contributed by atoms with van der Waals surface area (Å²) in [5.74, 6) is 0.323. The molecule has 0 spiro atoms. The van der Waals surface area contributed by atoms with Gasteiger partial charge in [-0.05, 0) is 38.5 Å². The Morgan fingerprint density at radius 2 is 1.67 bits per heavy atom. The van der Waals surface area contributed by atoms with Gasteiger partial charge in [0.2, 0.25) is 0 Å². The summed E-state index contributed by atoms with van der Waals surface area (Å²) in [4.78, 5) is 12.6. The van der Waals surface area contributed by atoms with E-state index < -0.39 is 0 Å². The van der Waals surface area contributed by atoms with E-state index in [1.165, 1.54) is 11.3 Å². The van der Waals surface area contributed by atoms with Gasteiger partial charge >= 0.3 is 0 Å². The summed E-state index contributed by atoms with van der Waals surface area (Å²) in [6.07, 6.45) is 0. The number of nitrogens with zero attached hydrogens (tertiary/aromatic N) is 1. The molecule has 18 heavy (non-hydrogen) atoms. The zero-order chi connectivity index (χ0) is 13.8. The third kappa shape index (κ3) is 5.07. The van der Waals surface area contributed by atoms with Crippen LogP contribution >= 0.6 is 0 Å². The van der Waals surface area contributed by atoms with Crippen LogP contribution in [0.3, 0.4) is 0 Å². The molecule has 1 rings (SSSR count). The summed E-state index contributed by atoms with van der Waals surface area (Å²) in [5.41, 5.74) is 2.21. The summed E-state index contributed by atoms with van der Waals surface area (Å²) in [6.45, 7) is 8.63. The Bertz CT molecular complexity index is 352. The molecule has 1 aromatic rings. The van der Waals surface area contributed by atoms with Crippen molar-refractivity contribution in [1.82, 2.24) is 0 Å². The molecule has 0 aliphatic carbocycles. The van der Waals surface area contributed by atoms with Crippen molar-refractivity contribution in [2.75, 3.05) is 25.6 Å². The van der Waals surface area contributed by atoms with Crippen LogP contribution < -0.4 is 4.90 Å². The fourth-order valence-electron chi connectivity index (χ4n) is 1.51. The van der Waals surface area contributed by atoms with Gasteiger partial charge in [-0.3, -0.25) is 0 Å². The normalized spacial score (nSPS) is 13.4. The minimum atomic E-state index is -0.255. The van der Waals surface area contributed by atoms with Gasteiger partial charge in [-0.25, -0.2) is 9.78 Å². The van der Waals surface area contributed by atoms with E-state index in [9.17, 15) is 0 Å². The van der Waals surface area contributed by atoms with Crippen LogP contribution in [0.5, 0.6) is 0 Å². The molecular weight excluding hydrogens is 226 g/mol. The lowest BCUT2D eigenvalue weighted by molar-refractivity contribution is -0.350. The Balaban J connectivity index is 2.49. The molecule has 0 saturated carbocycles. The SMILES string of the molecule is CC(COOC(C)(C)C)c1ccc(N(C)C)cc1. The van der Waals surface area contributed by atoms with Gasteiger partial charge in [0.05, 0.1) is 12.2 Å². The molecule has 3 heteroatoms. The zero-order valence-corrected chi connectivity index (χ0v) is 12.4. The summed E-state index contributed by atoms with van der Waals surface area (Å²) in [5, 5.41) is 0. The average Bonchev–Trinajstić information content (AvgIpc) is 2.27. The van der Waals surface area contributed by atoms with Crippen molar-refractivity contribution in [2.24, 2.45) is 0 Å². The van der Waals surface area contributed by atoms with Crippen LogP contribution in [0.1, 0.15) is 39.2 Å². The van der Waals surface area contributed by atoms with Crippen LogP contribution in [0, 0.1) is 0 Å². The first-order chi connectivity index (χ1) is 8.29.